The van der Waals surface area contributed by atoms with Crippen molar-refractivity contribution in [2.24, 2.45) is 0 Å². The molecule has 0 aromatic heterocycles. The molecule has 1 amide bonds. The molecule has 0 heterocycles. The van der Waals surface area contributed by atoms with E-state index in [4.69, 9.17) is 4.74 Å². The highest BCUT2D eigenvalue weighted by Crippen LogP contribution is 2.29. The van der Waals surface area contributed by atoms with E-state index in [1.807, 2.05) is 38.1 Å². The molecule has 1 aromatic rings. The number of ether oxygens (including phenoxy) is 1. The summed E-state index contributed by atoms with van der Waals surface area (Å²) < 4.78 is 5.32. The molecule has 0 saturated heterocycles. The van der Waals surface area contributed by atoms with Crippen LogP contribution in [0.5, 0.6) is 5.75 Å². The average molecular weight is 288 g/mol. The first kappa shape index (κ1) is 16.8. The molecule has 0 radical (unpaired) electrons. The summed E-state index contributed by atoms with van der Waals surface area (Å²) in [6, 6.07) is 3.76. The van der Waals surface area contributed by atoms with Crippen molar-refractivity contribution in [3.05, 3.63) is 48.6 Å². The summed E-state index contributed by atoms with van der Waals surface area (Å²) in [5, 5.41) is 0. The third kappa shape index (κ3) is 4.38. The second kappa shape index (κ2) is 7.53. The van der Waals surface area contributed by atoms with Crippen molar-refractivity contribution < 1.29 is 9.53 Å². The van der Waals surface area contributed by atoms with Gasteiger partial charge in [-0.1, -0.05) is 12.2 Å². The van der Waals surface area contributed by atoms with Crippen LogP contribution in [0.25, 0.3) is 0 Å². The summed E-state index contributed by atoms with van der Waals surface area (Å²) in [6.45, 7) is 13.1. The number of carbonyl (C=O) groups is 1. The van der Waals surface area contributed by atoms with Crippen LogP contribution in [0.3, 0.4) is 0 Å². The average Bonchev–Trinajstić information content (AvgIpc) is 2.38. The van der Waals surface area contributed by atoms with E-state index in [1.165, 1.54) is 4.90 Å². The van der Waals surface area contributed by atoms with Crippen LogP contribution in [0.15, 0.2) is 37.4 Å². The van der Waals surface area contributed by atoms with Crippen molar-refractivity contribution in [2.75, 3.05) is 32.1 Å². The molecular weight excluding hydrogens is 264 g/mol. The summed E-state index contributed by atoms with van der Waals surface area (Å²) in [6.07, 6.45) is 3.35. The van der Waals surface area contributed by atoms with Gasteiger partial charge in [-0.15, -0.1) is 13.2 Å². The highest BCUT2D eigenvalue weighted by molar-refractivity contribution is 5.71. The maximum atomic E-state index is 11.6. The molecule has 0 saturated carbocycles. The fourth-order valence-corrected chi connectivity index (χ4v) is 2.23. The molecule has 4 nitrogen and oxygen atoms in total. The Kier molecular flexibility index (Phi) is 6.03. The summed E-state index contributed by atoms with van der Waals surface area (Å²) >= 11 is 0. The lowest BCUT2D eigenvalue weighted by atomic mass is 10.1. The highest BCUT2D eigenvalue weighted by atomic mass is 16.6. The van der Waals surface area contributed by atoms with Crippen molar-refractivity contribution in [1.29, 1.82) is 0 Å². The molecule has 4 heteroatoms. The van der Waals surface area contributed by atoms with Crippen molar-refractivity contribution in [3.63, 3.8) is 0 Å². The van der Waals surface area contributed by atoms with Gasteiger partial charge < -0.3 is 14.5 Å². The number of rotatable bonds is 6. The summed E-state index contributed by atoms with van der Waals surface area (Å²) in [5.74, 6) is 0.560. The van der Waals surface area contributed by atoms with Gasteiger partial charge in [-0.2, -0.15) is 0 Å². The van der Waals surface area contributed by atoms with Crippen LogP contribution in [0.1, 0.15) is 11.1 Å². The Labute approximate surface area is 127 Å². The van der Waals surface area contributed by atoms with Gasteiger partial charge in [0.2, 0.25) is 0 Å². The minimum atomic E-state index is -0.379. The zero-order valence-corrected chi connectivity index (χ0v) is 13.3. The maximum Gasteiger partial charge on any atom is 0.414 e. The van der Waals surface area contributed by atoms with E-state index in [0.717, 1.165) is 29.9 Å². The molecule has 0 aliphatic rings. The largest absolute Gasteiger partial charge is 0.414 e. The first-order valence-corrected chi connectivity index (χ1v) is 6.87. The van der Waals surface area contributed by atoms with Crippen LogP contribution in [-0.2, 0) is 0 Å². The predicted molar refractivity (Wildman–Crippen MR) is 88.2 cm³/mol. The summed E-state index contributed by atoms with van der Waals surface area (Å²) in [4.78, 5) is 15.2. The summed E-state index contributed by atoms with van der Waals surface area (Å²) in [5.41, 5.74) is 3.24. The normalized spacial score (nSPS) is 9.90. The van der Waals surface area contributed by atoms with E-state index in [-0.39, 0.29) is 6.09 Å². The van der Waals surface area contributed by atoms with Crippen LogP contribution in [-0.4, -0.2) is 38.2 Å². The molecule has 0 aliphatic heterocycles. The zero-order valence-electron chi connectivity index (χ0n) is 13.3. The quantitative estimate of drug-likeness (QED) is 0.751. The lowest BCUT2D eigenvalue weighted by Crippen LogP contribution is -2.26. The molecule has 0 atom stereocenters. The van der Waals surface area contributed by atoms with E-state index in [9.17, 15) is 4.79 Å². The Bertz CT molecular complexity index is 503. The monoisotopic (exact) mass is 288 g/mol. The van der Waals surface area contributed by atoms with Gasteiger partial charge in [0.25, 0.3) is 0 Å². The van der Waals surface area contributed by atoms with Gasteiger partial charge in [0, 0.05) is 32.9 Å². The Balaban J connectivity index is 3.11. The molecule has 114 valence electrons. The second-order valence-electron chi connectivity index (χ2n) is 5.15. The highest BCUT2D eigenvalue weighted by Gasteiger charge is 2.14. The van der Waals surface area contributed by atoms with E-state index >= 15 is 0 Å². The number of benzene rings is 1. The minimum absolute atomic E-state index is 0.379. The molecule has 0 aliphatic carbocycles. The number of hydrogen-bond donors (Lipinski definition) is 0. The van der Waals surface area contributed by atoms with E-state index in [2.05, 4.69) is 18.1 Å². The second-order valence-corrected chi connectivity index (χ2v) is 5.15. The molecular formula is C17H24N2O2. The minimum Gasteiger partial charge on any atom is -0.410 e. The van der Waals surface area contributed by atoms with Crippen LogP contribution >= 0.6 is 0 Å². The van der Waals surface area contributed by atoms with Crippen LogP contribution in [0.4, 0.5) is 10.5 Å². The number of amides is 1. The molecule has 0 spiro atoms. The van der Waals surface area contributed by atoms with Gasteiger partial charge in [0.1, 0.15) is 5.75 Å². The molecule has 1 aromatic carbocycles. The Hall–Kier alpha value is -2.23. The van der Waals surface area contributed by atoms with Gasteiger partial charge in [-0.25, -0.2) is 4.79 Å². The Morgan fingerprint density at radius 3 is 2.00 bits per heavy atom. The number of aryl methyl sites for hydroxylation is 2. The predicted octanol–water partition coefficient (Wildman–Crippen LogP) is 3.54. The SMILES string of the molecule is C=CCN(CC=C)c1c(C)cc(OC(=O)N(C)C)cc1C. The third-order valence-corrected chi connectivity index (χ3v) is 3.05. The number of nitrogens with zero attached hydrogens (tertiary/aromatic N) is 2. The molecule has 0 unspecified atom stereocenters. The number of hydrogen-bond acceptors (Lipinski definition) is 3. The zero-order chi connectivity index (χ0) is 16.0. The van der Waals surface area contributed by atoms with E-state index < -0.39 is 0 Å². The molecule has 1 rings (SSSR count). The number of carbonyl (C=O) groups excluding carboxylic acids is 1. The van der Waals surface area contributed by atoms with Gasteiger partial charge >= 0.3 is 6.09 Å². The summed E-state index contributed by atoms with van der Waals surface area (Å²) in [7, 11) is 3.32. The van der Waals surface area contributed by atoms with Gasteiger partial charge in [0.05, 0.1) is 0 Å². The van der Waals surface area contributed by atoms with Crippen molar-refractivity contribution in [1.82, 2.24) is 4.90 Å². The first-order chi connectivity index (χ1) is 9.90. The van der Waals surface area contributed by atoms with Crippen molar-refractivity contribution in [2.45, 2.75) is 13.8 Å². The van der Waals surface area contributed by atoms with Gasteiger partial charge in [-0.05, 0) is 37.1 Å². The topological polar surface area (TPSA) is 32.8 Å². The van der Waals surface area contributed by atoms with Gasteiger partial charge in [0.15, 0.2) is 0 Å². The Morgan fingerprint density at radius 1 is 1.14 bits per heavy atom. The maximum absolute atomic E-state index is 11.6. The smallest absolute Gasteiger partial charge is 0.410 e. The van der Waals surface area contributed by atoms with Gasteiger partial charge in [-0.3, -0.25) is 0 Å². The molecule has 21 heavy (non-hydrogen) atoms. The fraction of sp³-hybridized carbons (Fsp3) is 0.353. The lowest BCUT2D eigenvalue weighted by molar-refractivity contribution is 0.172. The first-order valence-electron chi connectivity index (χ1n) is 6.87. The molecule has 0 N–H and O–H groups in total. The third-order valence-electron chi connectivity index (χ3n) is 3.05. The van der Waals surface area contributed by atoms with E-state index in [0.29, 0.717) is 5.75 Å². The van der Waals surface area contributed by atoms with Crippen LogP contribution in [0.2, 0.25) is 0 Å². The van der Waals surface area contributed by atoms with Crippen molar-refractivity contribution >= 4 is 11.8 Å². The molecule has 0 bridgehead atoms. The standard InChI is InChI=1S/C17H24N2O2/c1-7-9-19(10-8-2)16-13(3)11-15(12-14(16)4)21-17(20)18(5)6/h7-8,11-12H,1-2,9-10H2,3-6H3. The van der Waals surface area contributed by atoms with Crippen molar-refractivity contribution in [3.8, 4) is 5.75 Å². The van der Waals surface area contributed by atoms with Crippen LogP contribution < -0.4 is 9.64 Å². The van der Waals surface area contributed by atoms with E-state index in [1.54, 1.807) is 14.1 Å². The fourth-order valence-electron chi connectivity index (χ4n) is 2.23. The number of anilines is 1. The molecule has 0 fully saturated rings. The Morgan fingerprint density at radius 2 is 1.62 bits per heavy atom. The van der Waals surface area contributed by atoms with Crippen LogP contribution in [0, 0.1) is 13.8 Å². The lowest BCUT2D eigenvalue weighted by Gasteiger charge is -2.26.